The predicted octanol–water partition coefficient (Wildman–Crippen LogP) is -1.88. The summed E-state index contributed by atoms with van der Waals surface area (Å²) in [6.07, 6.45) is 0. The van der Waals surface area contributed by atoms with E-state index in [1.807, 2.05) is 0 Å². The van der Waals surface area contributed by atoms with Crippen molar-refractivity contribution in [1.29, 1.82) is 0 Å². The molecule has 0 spiro atoms. The molecule has 5 nitrogen and oxygen atoms in total. The van der Waals surface area contributed by atoms with E-state index < -0.39 is 16.5 Å². The maximum absolute atomic E-state index is 9.29. The minimum Gasteiger partial charge on any atom is -0.781 e. The van der Waals surface area contributed by atoms with E-state index in [4.69, 9.17) is 0 Å². The topological polar surface area (TPSA) is 89.5 Å². The van der Waals surface area contributed by atoms with E-state index >= 15 is 0 Å². The Morgan fingerprint density at radius 3 is 1.38 bits per heavy atom. The van der Waals surface area contributed by atoms with Crippen LogP contribution < -0.4 is 9.79 Å². The Hall–Kier alpha value is 1.82. The quantitative estimate of drug-likeness (QED) is 0.410. The molecule has 0 amide bonds. The van der Waals surface area contributed by atoms with E-state index in [0.717, 1.165) is 0 Å². The van der Waals surface area contributed by atoms with Crippen molar-refractivity contribution in [1.82, 2.24) is 0 Å². The molecule has 0 aromatic heterocycles. The normalized spacial score (nSPS) is 16.2. The van der Waals surface area contributed by atoms with E-state index in [9.17, 15) is 18.9 Å². The van der Waals surface area contributed by atoms with Crippen molar-refractivity contribution < 1.29 is 23.2 Å². The van der Waals surface area contributed by atoms with Crippen molar-refractivity contribution in [3.05, 3.63) is 0 Å². The van der Waals surface area contributed by atoms with Crippen LogP contribution in [0.4, 0.5) is 0 Å². The molecule has 0 bridgehead atoms. The third-order valence-electron chi connectivity index (χ3n) is 0.167. The Morgan fingerprint density at radius 2 is 1.38 bits per heavy atom. The van der Waals surface area contributed by atoms with Gasteiger partial charge in [-0.05, 0) is 0 Å². The zero-order chi connectivity index (χ0) is 5.86. The monoisotopic (exact) mass is 232 g/mol. The molecule has 0 N–H and O–H groups in total. The van der Waals surface area contributed by atoms with Gasteiger partial charge in [-0.1, -0.05) is 0 Å². The summed E-state index contributed by atoms with van der Waals surface area (Å²) in [5, 5.41) is 0. The van der Waals surface area contributed by atoms with Gasteiger partial charge >= 0.3 is 45.5 Å². The van der Waals surface area contributed by atoms with Crippen molar-refractivity contribution in [2.45, 2.75) is 0 Å². The smallest absolute Gasteiger partial charge is 0.781 e. The summed E-state index contributed by atoms with van der Waals surface area (Å²) < 4.78 is 21.8. The molecule has 0 saturated carbocycles. The van der Waals surface area contributed by atoms with Crippen molar-refractivity contribution in [3.63, 3.8) is 0 Å². The molecular formula is H2O5P2Sr. The summed E-state index contributed by atoms with van der Waals surface area (Å²) >= 11 is 0. The summed E-state index contributed by atoms with van der Waals surface area (Å²) in [6.45, 7) is 0. The van der Waals surface area contributed by atoms with Gasteiger partial charge < -0.3 is 18.9 Å². The van der Waals surface area contributed by atoms with Gasteiger partial charge in [-0.3, -0.25) is 4.31 Å². The van der Waals surface area contributed by atoms with Crippen LogP contribution in [0.25, 0.3) is 0 Å². The van der Waals surface area contributed by atoms with E-state index in [1.165, 1.54) is 0 Å². The Morgan fingerprint density at radius 1 is 1.12 bits per heavy atom. The average Bonchev–Trinajstić information content (AvgIpc) is 1.27. The van der Waals surface area contributed by atoms with Gasteiger partial charge in [0.2, 0.25) is 0 Å². The van der Waals surface area contributed by atoms with Crippen LogP contribution in [-0.2, 0) is 13.4 Å². The summed E-state index contributed by atoms with van der Waals surface area (Å²) in [4.78, 5) is 18.6. The van der Waals surface area contributed by atoms with Crippen LogP contribution in [0.15, 0.2) is 0 Å². The fourth-order valence-corrected chi connectivity index (χ4v) is 0.612. The second-order valence-corrected chi connectivity index (χ2v) is 2.42. The van der Waals surface area contributed by atoms with Crippen molar-refractivity contribution in [2.75, 3.05) is 0 Å². The van der Waals surface area contributed by atoms with E-state index in [-0.39, 0.29) is 45.5 Å². The Bertz CT molecular complexity index is 86.6. The third kappa shape index (κ3) is 10.7. The van der Waals surface area contributed by atoms with Crippen LogP contribution >= 0.6 is 16.5 Å². The van der Waals surface area contributed by atoms with Crippen LogP contribution in [0.3, 0.4) is 0 Å². The molecule has 2 unspecified atom stereocenters. The van der Waals surface area contributed by atoms with Crippen molar-refractivity contribution in [3.8, 4) is 0 Å². The van der Waals surface area contributed by atoms with E-state index in [2.05, 4.69) is 4.31 Å². The molecule has 8 heteroatoms. The van der Waals surface area contributed by atoms with E-state index in [1.54, 1.807) is 0 Å². The summed E-state index contributed by atoms with van der Waals surface area (Å²) in [5.74, 6) is 0. The molecule has 0 radical (unpaired) electrons. The third-order valence-corrected chi connectivity index (χ3v) is 1.50. The SMILES string of the molecule is O=[PH]([O-])O[PH](=O)[O-].[Sr+2]. The number of rotatable bonds is 2. The average molecular weight is 232 g/mol. The summed E-state index contributed by atoms with van der Waals surface area (Å²) in [5.41, 5.74) is 0. The molecule has 0 aliphatic heterocycles. The van der Waals surface area contributed by atoms with Gasteiger partial charge in [0.15, 0.2) is 0 Å². The fraction of sp³-hybridized carbons (Fsp3) is 0. The zero-order valence-corrected chi connectivity index (χ0v) is 9.22. The largest absolute Gasteiger partial charge is 2.00 e. The van der Waals surface area contributed by atoms with Crippen molar-refractivity contribution >= 4 is 62.0 Å². The molecule has 8 heavy (non-hydrogen) atoms. The Kier molecular flexibility index (Phi) is 10.8. The molecule has 44 valence electrons. The first kappa shape index (κ1) is 12.5. The molecule has 0 heterocycles. The van der Waals surface area contributed by atoms with Gasteiger partial charge in [0.25, 0.3) is 0 Å². The van der Waals surface area contributed by atoms with Gasteiger partial charge in [-0.25, -0.2) is 0 Å². The summed E-state index contributed by atoms with van der Waals surface area (Å²) in [6, 6.07) is 0. The minimum absolute atomic E-state index is 0. The fourth-order valence-electron chi connectivity index (χ4n) is 0.0680. The maximum Gasteiger partial charge on any atom is 2.00 e. The van der Waals surface area contributed by atoms with E-state index in [0.29, 0.717) is 0 Å². The summed E-state index contributed by atoms with van der Waals surface area (Å²) in [7, 11) is -7.03. The van der Waals surface area contributed by atoms with Crippen molar-refractivity contribution in [2.24, 2.45) is 0 Å². The molecule has 2 atom stereocenters. The van der Waals surface area contributed by atoms with Gasteiger partial charge in [0.05, 0.1) is 0 Å². The molecule has 0 saturated heterocycles. The first-order chi connectivity index (χ1) is 3.13. The minimum atomic E-state index is -3.51. The maximum atomic E-state index is 9.29. The molecule has 0 aromatic carbocycles. The molecule has 0 aromatic rings. The van der Waals surface area contributed by atoms with Crippen LogP contribution in [0.1, 0.15) is 0 Å². The molecule has 0 rings (SSSR count). The second kappa shape index (κ2) is 6.93. The van der Waals surface area contributed by atoms with Gasteiger partial charge in [0, 0.05) is 0 Å². The van der Waals surface area contributed by atoms with Crippen LogP contribution in [0.5, 0.6) is 0 Å². The molecule has 0 aliphatic carbocycles. The molecule has 0 aliphatic rings. The Balaban J connectivity index is 0. The van der Waals surface area contributed by atoms with Gasteiger partial charge in [-0.2, -0.15) is 0 Å². The first-order valence-electron chi connectivity index (χ1n) is 1.22. The number of hydrogen-bond acceptors (Lipinski definition) is 5. The molecule has 0 fully saturated rings. The number of hydrogen-bond donors (Lipinski definition) is 0. The van der Waals surface area contributed by atoms with Crippen LogP contribution in [-0.4, -0.2) is 45.5 Å². The van der Waals surface area contributed by atoms with Crippen LogP contribution in [0, 0.1) is 0 Å². The first-order valence-corrected chi connectivity index (χ1v) is 3.67. The predicted molar refractivity (Wildman–Crippen MR) is 24.8 cm³/mol. The van der Waals surface area contributed by atoms with Gasteiger partial charge in [0.1, 0.15) is 16.5 Å². The van der Waals surface area contributed by atoms with Crippen LogP contribution in [0.2, 0.25) is 0 Å². The Labute approximate surface area is 84.2 Å². The standard InChI is InChI=1S/H4O5P2.Sr/c1-6(2)5-7(3)4;/h6-7H,(H,1,2)(H,3,4);/q;+2/p-2. The zero-order valence-electron chi connectivity index (χ0n) is 3.75. The second-order valence-electron chi connectivity index (χ2n) is 0.602. The molecular weight excluding hydrogens is 230 g/mol. The van der Waals surface area contributed by atoms with Gasteiger partial charge in [-0.15, -0.1) is 0 Å².